The average molecular weight is 310 g/mol. The summed E-state index contributed by atoms with van der Waals surface area (Å²) in [5.74, 6) is 0.997. The van der Waals surface area contributed by atoms with E-state index in [9.17, 15) is 0 Å². The van der Waals surface area contributed by atoms with Crippen LogP contribution >= 0.6 is 0 Å². The van der Waals surface area contributed by atoms with E-state index < -0.39 is 0 Å². The third kappa shape index (κ3) is 3.74. The lowest BCUT2D eigenvalue weighted by Crippen LogP contribution is -2.26. The zero-order valence-corrected chi connectivity index (χ0v) is 14.3. The van der Waals surface area contributed by atoms with E-state index in [0.717, 1.165) is 25.3 Å². The van der Waals surface area contributed by atoms with Crippen molar-refractivity contribution in [2.45, 2.75) is 26.0 Å². The first kappa shape index (κ1) is 16.0. The molecule has 1 N–H and O–H groups in total. The minimum atomic E-state index is 0.200. The van der Waals surface area contributed by atoms with Crippen LogP contribution in [0.3, 0.4) is 0 Å². The Balaban J connectivity index is 1.90. The van der Waals surface area contributed by atoms with Crippen molar-refractivity contribution in [1.29, 1.82) is 0 Å². The highest BCUT2D eigenvalue weighted by molar-refractivity contribution is 5.47. The monoisotopic (exact) mass is 310 g/mol. The lowest BCUT2D eigenvalue weighted by atomic mass is 9.94. The predicted octanol–water partition coefficient (Wildman–Crippen LogP) is 3.52. The van der Waals surface area contributed by atoms with Crippen molar-refractivity contribution in [2.24, 2.45) is 0 Å². The summed E-state index contributed by atoms with van der Waals surface area (Å²) >= 11 is 0. The number of nitrogens with zero attached hydrogens (tertiary/aromatic N) is 1. The van der Waals surface area contributed by atoms with Gasteiger partial charge < -0.3 is 15.0 Å². The van der Waals surface area contributed by atoms with Crippen LogP contribution in [0.15, 0.2) is 42.5 Å². The van der Waals surface area contributed by atoms with Crippen molar-refractivity contribution in [2.75, 3.05) is 27.2 Å². The number of hydrogen-bond donors (Lipinski definition) is 1. The Bertz CT molecular complexity index is 666. The van der Waals surface area contributed by atoms with Gasteiger partial charge in [-0.25, -0.2) is 0 Å². The van der Waals surface area contributed by atoms with Gasteiger partial charge in [-0.15, -0.1) is 0 Å². The smallest absolute Gasteiger partial charge is 0.124 e. The Labute approximate surface area is 139 Å². The first-order valence-electron chi connectivity index (χ1n) is 8.34. The number of benzene rings is 2. The van der Waals surface area contributed by atoms with Gasteiger partial charge in [0.1, 0.15) is 12.4 Å². The normalized spacial score (nSPS) is 16.4. The molecule has 0 amide bonds. The first-order chi connectivity index (χ1) is 11.1. The maximum Gasteiger partial charge on any atom is 0.124 e. The molecule has 0 saturated heterocycles. The van der Waals surface area contributed by atoms with Crippen LogP contribution in [-0.4, -0.2) is 32.1 Å². The summed E-state index contributed by atoms with van der Waals surface area (Å²) in [6.07, 6.45) is 1.13. The van der Waals surface area contributed by atoms with Crippen LogP contribution in [-0.2, 0) is 6.61 Å². The van der Waals surface area contributed by atoms with Gasteiger partial charge in [0, 0.05) is 5.56 Å². The molecule has 1 atom stereocenters. The van der Waals surface area contributed by atoms with Gasteiger partial charge >= 0.3 is 0 Å². The summed E-state index contributed by atoms with van der Waals surface area (Å²) in [5.41, 5.74) is 5.12. The van der Waals surface area contributed by atoms with Crippen LogP contribution in [0.25, 0.3) is 0 Å². The third-order valence-electron chi connectivity index (χ3n) is 4.36. The molecule has 0 radical (unpaired) electrons. The average Bonchev–Trinajstić information content (AvgIpc) is 2.68. The van der Waals surface area contributed by atoms with Gasteiger partial charge in [-0.1, -0.05) is 42.0 Å². The molecule has 1 heterocycles. The molecule has 23 heavy (non-hydrogen) atoms. The second-order valence-corrected chi connectivity index (χ2v) is 6.57. The molecule has 1 aliphatic rings. The van der Waals surface area contributed by atoms with Gasteiger partial charge in [0.15, 0.2) is 0 Å². The molecule has 0 aromatic heterocycles. The largest absolute Gasteiger partial charge is 0.489 e. The maximum atomic E-state index is 6.06. The Morgan fingerprint density at radius 1 is 1.13 bits per heavy atom. The van der Waals surface area contributed by atoms with Crippen molar-refractivity contribution in [3.63, 3.8) is 0 Å². The fourth-order valence-electron chi connectivity index (χ4n) is 3.16. The van der Waals surface area contributed by atoms with Crippen molar-refractivity contribution in [3.05, 3.63) is 64.7 Å². The second-order valence-electron chi connectivity index (χ2n) is 6.57. The van der Waals surface area contributed by atoms with Crippen molar-refractivity contribution in [1.82, 2.24) is 10.2 Å². The fraction of sp³-hybridized carbons (Fsp3) is 0.400. The quantitative estimate of drug-likeness (QED) is 0.855. The number of aryl methyl sites for hydroxylation is 1. The van der Waals surface area contributed by atoms with Crippen LogP contribution in [0, 0.1) is 6.92 Å². The molecule has 0 fully saturated rings. The molecule has 1 aliphatic heterocycles. The van der Waals surface area contributed by atoms with Gasteiger partial charge in [-0.05, 0) is 57.7 Å². The predicted molar refractivity (Wildman–Crippen MR) is 95.0 cm³/mol. The number of hydrogen-bond acceptors (Lipinski definition) is 3. The molecular weight excluding hydrogens is 284 g/mol. The molecule has 3 rings (SSSR count). The summed E-state index contributed by atoms with van der Waals surface area (Å²) in [7, 11) is 4.24. The van der Waals surface area contributed by atoms with Crippen LogP contribution < -0.4 is 10.1 Å². The van der Waals surface area contributed by atoms with Crippen molar-refractivity contribution in [3.8, 4) is 5.75 Å². The van der Waals surface area contributed by atoms with E-state index in [-0.39, 0.29) is 6.04 Å². The Kier molecular flexibility index (Phi) is 4.99. The summed E-state index contributed by atoms with van der Waals surface area (Å²) in [4.78, 5) is 2.23. The van der Waals surface area contributed by atoms with Gasteiger partial charge in [0.2, 0.25) is 0 Å². The fourth-order valence-corrected chi connectivity index (χ4v) is 3.16. The molecule has 0 saturated carbocycles. The number of nitrogens with one attached hydrogen (secondary N) is 1. The van der Waals surface area contributed by atoms with Gasteiger partial charge in [-0.3, -0.25) is 0 Å². The molecular formula is C20H26N2O. The van der Waals surface area contributed by atoms with E-state index in [1.165, 1.54) is 22.3 Å². The Morgan fingerprint density at radius 2 is 1.96 bits per heavy atom. The summed E-state index contributed by atoms with van der Waals surface area (Å²) < 4.78 is 6.06. The zero-order valence-electron chi connectivity index (χ0n) is 14.3. The maximum absolute atomic E-state index is 6.06. The SMILES string of the molecule is Cc1ccc2c(c1)C(NCCCN(C)C)c1ccccc1CO2. The lowest BCUT2D eigenvalue weighted by molar-refractivity contribution is 0.306. The standard InChI is InChI=1S/C20H26N2O/c1-15-9-10-19-18(13-15)20(21-11-6-12-22(2)3)17-8-5-4-7-16(17)14-23-19/h4-5,7-10,13,20-21H,6,11-12,14H2,1-3H3. The highest BCUT2D eigenvalue weighted by atomic mass is 16.5. The van der Waals surface area contributed by atoms with Crippen molar-refractivity contribution >= 4 is 0 Å². The molecule has 0 spiro atoms. The third-order valence-corrected chi connectivity index (χ3v) is 4.36. The number of fused-ring (bicyclic) bond motifs is 2. The molecule has 2 aromatic carbocycles. The van der Waals surface area contributed by atoms with E-state index in [2.05, 4.69) is 73.7 Å². The van der Waals surface area contributed by atoms with E-state index in [0.29, 0.717) is 6.61 Å². The highest BCUT2D eigenvalue weighted by Crippen LogP contribution is 2.36. The summed E-state index contributed by atoms with van der Waals surface area (Å²) in [6, 6.07) is 15.3. The lowest BCUT2D eigenvalue weighted by Gasteiger charge is -2.21. The number of ether oxygens (including phenoxy) is 1. The molecule has 1 unspecified atom stereocenters. The first-order valence-corrected chi connectivity index (χ1v) is 8.34. The molecule has 3 heteroatoms. The van der Waals surface area contributed by atoms with Gasteiger partial charge in [-0.2, -0.15) is 0 Å². The van der Waals surface area contributed by atoms with Gasteiger partial charge in [0.05, 0.1) is 6.04 Å². The minimum absolute atomic E-state index is 0.200. The van der Waals surface area contributed by atoms with E-state index in [4.69, 9.17) is 4.74 Å². The molecule has 122 valence electrons. The van der Waals surface area contributed by atoms with E-state index in [1.54, 1.807) is 0 Å². The molecule has 0 bridgehead atoms. The van der Waals surface area contributed by atoms with Crippen LogP contribution in [0.1, 0.15) is 34.7 Å². The minimum Gasteiger partial charge on any atom is -0.489 e. The summed E-state index contributed by atoms with van der Waals surface area (Å²) in [6.45, 7) is 4.87. The van der Waals surface area contributed by atoms with E-state index >= 15 is 0 Å². The highest BCUT2D eigenvalue weighted by Gasteiger charge is 2.24. The topological polar surface area (TPSA) is 24.5 Å². The molecule has 0 aliphatic carbocycles. The zero-order chi connectivity index (χ0) is 16.2. The second kappa shape index (κ2) is 7.16. The molecule has 2 aromatic rings. The van der Waals surface area contributed by atoms with Gasteiger partial charge in [0.25, 0.3) is 0 Å². The molecule has 3 nitrogen and oxygen atoms in total. The number of rotatable bonds is 5. The van der Waals surface area contributed by atoms with Crippen LogP contribution in [0.2, 0.25) is 0 Å². The van der Waals surface area contributed by atoms with Crippen LogP contribution in [0.5, 0.6) is 5.75 Å². The Morgan fingerprint density at radius 3 is 2.78 bits per heavy atom. The van der Waals surface area contributed by atoms with Crippen LogP contribution in [0.4, 0.5) is 0 Å². The Hall–Kier alpha value is -1.84. The summed E-state index contributed by atoms with van der Waals surface area (Å²) in [5, 5.41) is 3.75. The van der Waals surface area contributed by atoms with Crippen molar-refractivity contribution < 1.29 is 4.74 Å². The van der Waals surface area contributed by atoms with E-state index in [1.807, 2.05) is 0 Å².